The largest absolute Gasteiger partial charge is 0.480 e. The lowest BCUT2D eigenvalue weighted by Crippen LogP contribution is -2.47. The number of nitrogens with zero attached hydrogens (tertiary/aromatic N) is 2. The molecule has 2 aliphatic rings. The van der Waals surface area contributed by atoms with E-state index in [1.807, 2.05) is 0 Å². The zero-order valence-corrected chi connectivity index (χ0v) is 14.9. The Labute approximate surface area is 162 Å². The fraction of sp³-hybridized carbons (Fsp3) is 0.158. The Balaban J connectivity index is 1.90. The number of hydrogen-bond acceptors (Lipinski definition) is 4. The number of anilines is 2. The maximum absolute atomic E-state index is 14.2. The summed E-state index contributed by atoms with van der Waals surface area (Å²) in [6, 6.07) is 9.48. The van der Waals surface area contributed by atoms with Gasteiger partial charge in [0.05, 0.1) is 12.1 Å². The van der Waals surface area contributed by atoms with Crippen LogP contribution in [0, 0.1) is 5.82 Å². The molecule has 2 aromatic carbocycles. The van der Waals surface area contributed by atoms with E-state index >= 15 is 0 Å². The van der Waals surface area contributed by atoms with E-state index in [9.17, 15) is 23.6 Å². The van der Waals surface area contributed by atoms with Crippen molar-refractivity contribution < 1.29 is 28.7 Å². The fourth-order valence-corrected chi connectivity index (χ4v) is 3.94. The molecule has 2 heterocycles. The highest BCUT2D eigenvalue weighted by Crippen LogP contribution is 2.50. The second-order valence-electron chi connectivity index (χ2n) is 6.51. The summed E-state index contributed by atoms with van der Waals surface area (Å²) in [5.41, 5.74) is -1.89. The molecule has 1 saturated heterocycles. The summed E-state index contributed by atoms with van der Waals surface area (Å²) in [4.78, 5) is 52.0. The average Bonchev–Trinajstić information content (AvgIpc) is 3.02. The van der Waals surface area contributed by atoms with Crippen LogP contribution in [-0.2, 0) is 24.6 Å². The molecule has 0 aromatic heterocycles. The Morgan fingerprint density at radius 2 is 1.82 bits per heavy atom. The summed E-state index contributed by atoms with van der Waals surface area (Å²) in [5.74, 6) is -4.60. The number of halogens is 2. The van der Waals surface area contributed by atoms with Crippen molar-refractivity contribution in [1.82, 2.24) is 0 Å². The lowest BCUT2D eigenvalue weighted by Gasteiger charge is -2.22. The van der Waals surface area contributed by atoms with Gasteiger partial charge in [0.15, 0.2) is 5.41 Å². The van der Waals surface area contributed by atoms with Gasteiger partial charge in [0.2, 0.25) is 11.8 Å². The third-order valence-electron chi connectivity index (χ3n) is 4.94. The molecular weight excluding hydrogens is 391 g/mol. The van der Waals surface area contributed by atoms with Crippen LogP contribution in [0.25, 0.3) is 0 Å². The normalized spacial score (nSPS) is 21.0. The van der Waals surface area contributed by atoms with Gasteiger partial charge in [-0.3, -0.25) is 24.1 Å². The maximum Gasteiger partial charge on any atom is 0.323 e. The first-order valence-electron chi connectivity index (χ1n) is 8.23. The van der Waals surface area contributed by atoms with E-state index in [0.717, 1.165) is 11.0 Å². The highest BCUT2D eigenvalue weighted by Gasteiger charge is 2.64. The molecule has 9 heteroatoms. The van der Waals surface area contributed by atoms with Gasteiger partial charge >= 0.3 is 5.97 Å². The molecule has 1 atom stereocenters. The SMILES string of the molecule is O=C(O)CN1C(=O)C2(CC(=O)N(c3ccccc3F)C2=O)c2cc(Cl)ccc21. The van der Waals surface area contributed by atoms with Gasteiger partial charge in [0, 0.05) is 16.3 Å². The fourth-order valence-electron chi connectivity index (χ4n) is 3.77. The van der Waals surface area contributed by atoms with Crippen LogP contribution in [0.4, 0.5) is 15.8 Å². The van der Waals surface area contributed by atoms with Crippen molar-refractivity contribution in [2.24, 2.45) is 0 Å². The third-order valence-corrected chi connectivity index (χ3v) is 5.18. The molecule has 28 heavy (non-hydrogen) atoms. The van der Waals surface area contributed by atoms with Crippen LogP contribution < -0.4 is 9.80 Å². The number of hydrogen-bond donors (Lipinski definition) is 1. The van der Waals surface area contributed by atoms with Crippen molar-refractivity contribution in [3.05, 3.63) is 58.9 Å². The van der Waals surface area contributed by atoms with Gasteiger partial charge < -0.3 is 5.11 Å². The maximum atomic E-state index is 14.2. The molecule has 2 aliphatic heterocycles. The monoisotopic (exact) mass is 402 g/mol. The molecular formula is C19H12ClFN2O5. The number of fused-ring (bicyclic) bond motifs is 2. The predicted octanol–water partition coefficient (Wildman–Crippen LogP) is 2.11. The number of benzene rings is 2. The smallest absolute Gasteiger partial charge is 0.323 e. The molecule has 0 bridgehead atoms. The van der Waals surface area contributed by atoms with Crippen LogP contribution in [-0.4, -0.2) is 35.3 Å². The molecule has 0 saturated carbocycles. The van der Waals surface area contributed by atoms with Gasteiger partial charge in [-0.15, -0.1) is 0 Å². The number of para-hydroxylation sites is 1. The van der Waals surface area contributed by atoms with Crippen LogP contribution in [0.2, 0.25) is 5.02 Å². The van der Waals surface area contributed by atoms with Crippen LogP contribution in [0.15, 0.2) is 42.5 Å². The Bertz CT molecular complexity index is 1070. The van der Waals surface area contributed by atoms with E-state index in [4.69, 9.17) is 16.7 Å². The molecule has 1 fully saturated rings. The van der Waals surface area contributed by atoms with Crippen LogP contribution >= 0.6 is 11.6 Å². The minimum Gasteiger partial charge on any atom is -0.480 e. The topological polar surface area (TPSA) is 95.0 Å². The van der Waals surface area contributed by atoms with E-state index in [-0.39, 0.29) is 22.0 Å². The van der Waals surface area contributed by atoms with Crippen molar-refractivity contribution in [3.8, 4) is 0 Å². The van der Waals surface area contributed by atoms with E-state index in [1.54, 1.807) is 0 Å². The molecule has 4 rings (SSSR count). The summed E-state index contributed by atoms with van der Waals surface area (Å²) in [5, 5.41) is 9.37. The highest BCUT2D eigenvalue weighted by molar-refractivity contribution is 6.37. The minimum atomic E-state index is -1.96. The number of rotatable bonds is 3. The molecule has 7 nitrogen and oxygen atoms in total. The lowest BCUT2D eigenvalue weighted by molar-refractivity contribution is -0.138. The van der Waals surface area contributed by atoms with Gasteiger partial charge in [-0.2, -0.15) is 0 Å². The Kier molecular flexibility index (Phi) is 3.97. The third kappa shape index (κ3) is 2.34. The number of amides is 3. The highest BCUT2D eigenvalue weighted by atomic mass is 35.5. The van der Waals surface area contributed by atoms with Gasteiger partial charge in [-0.1, -0.05) is 23.7 Å². The lowest BCUT2D eigenvalue weighted by atomic mass is 9.80. The number of carboxylic acid groups (broad SMARTS) is 1. The molecule has 1 N–H and O–H groups in total. The molecule has 2 aromatic rings. The zero-order chi connectivity index (χ0) is 20.2. The second kappa shape index (κ2) is 6.13. The summed E-state index contributed by atoms with van der Waals surface area (Å²) >= 11 is 6.03. The van der Waals surface area contributed by atoms with Gasteiger partial charge in [-0.25, -0.2) is 9.29 Å². The number of carboxylic acids is 1. The molecule has 3 amide bonds. The summed E-state index contributed by atoms with van der Waals surface area (Å²) in [6.07, 6.45) is -0.539. The van der Waals surface area contributed by atoms with Crippen molar-refractivity contribution in [2.75, 3.05) is 16.3 Å². The summed E-state index contributed by atoms with van der Waals surface area (Å²) in [6.45, 7) is -0.684. The number of aliphatic carboxylic acids is 1. The van der Waals surface area contributed by atoms with E-state index < -0.39 is 47.9 Å². The molecule has 1 unspecified atom stereocenters. The Morgan fingerprint density at radius 1 is 1.11 bits per heavy atom. The molecule has 0 aliphatic carbocycles. The predicted molar refractivity (Wildman–Crippen MR) is 96.6 cm³/mol. The van der Waals surface area contributed by atoms with E-state index in [0.29, 0.717) is 4.90 Å². The Morgan fingerprint density at radius 3 is 2.50 bits per heavy atom. The van der Waals surface area contributed by atoms with Crippen LogP contribution in [0.3, 0.4) is 0 Å². The van der Waals surface area contributed by atoms with Crippen molar-refractivity contribution in [1.29, 1.82) is 0 Å². The van der Waals surface area contributed by atoms with E-state index in [1.165, 1.54) is 36.4 Å². The number of carbonyl (C=O) groups is 4. The van der Waals surface area contributed by atoms with E-state index in [2.05, 4.69) is 0 Å². The van der Waals surface area contributed by atoms with Crippen molar-refractivity contribution in [2.45, 2.75) is 11.8 Å². The molecule has 1 spiro atoms. The quantitative estimate of drug-likeness (QED) is 0.626. The summed E-state index contributed by atoms with van der Waals surface area (Å²) in [7, 11) is 0. The van der Waals surface area contributed by atoms with Gasteiger partial charge in [-0.05, 0) is 30.3 Å². The summed E-state index contributed by atoms with van der Waals surface area (Å²) < 4.78 is 14.2. The molecule has 142 valence electrons. The number of imide groups is 1. The number of carbonyl (C=O) groups excluding carboxylic acids is 3. The van der Waals surface area contributed by atoms with Crippen molar-refractivity contribution >= 4 is 46.7 Å². The van der Waals surface area contributed by atoms with Crippen LogP contribution in [0.1, 0.15) is 12.0 Å². The first-order valence-corrected chi connectivity index (χ1v) is 8.61. The minimum absolute atomic E-state index is 0.142. The zero-order valence-electron chi connectivity index (χ0n) is 14.2. The first-order chi connectivity index (χ1) is 13.3. The Hall–Kier alpha value is -3.26. The van der Waals surface area contributed by atoms with Gasteiger partial charge in [0.1, 0.15) is 12.4 Å². The first kappa shape index (κ1) is 18.1. The second-order valence-corrected chi connectivity index (χ2v) is 6.95. The average molecular weight is 403 g/mol. The molecule has 0 radical (unpaired) electrons. The van der Waals surface area contributed by atoms with Gasteiger partial charge in [0.25, 0.3) is 5.91 Å². The van der Waals surface area contributed by atoms with Crippen molar-refractivity contribution in [3.63, 3.8) is 0 Å². The standard InChI is InChI=1S/C19H12ClFN2O5/c20-10-5-6-13-11(7-10)19(17(27)22(13)9-16(25)26)8-15(24)23(18(19)28)14-4-2-1-3-12(14)21/h1-7H,8-9H2,(H,25,26). The van der Waals surface area contributed by atoms with Crippen LogP contribution in [0.5, 0.6) is 0 Å².